The van der Waals surface area contributed by atoms with Crippen LogP contribution in [0.25, 0.3) is 11.3 Å². The Morgan fingerprint density at radius 2 is 2.31 bits per heavy atom. The van der Waals surface area contributed by atoms with Crippen LogP contribution in [-0.4, -0.2) is 16.6 Å². The molecule has 2 rings (SSSR count). The van der Waals surface area contributed by atoms with Gasteiger partial charge in [0.15, 0.2) is 5.82 Å². The number of hydrogen-bond donors (Lipinski definition) is 0. The van der Waals surface area contributed by atoms with Gasteiger partial charge in [0.1, 0.15) is 11.8 Å². The molecule has 2 aromatic rings. The van der Waals surface area contributed by atoms with Crippen molar-refractivity contribution < 1.29 is 4.74 Å². The Labute approximate surface area is 103 Å². The van der Waals surface area contributed by atoms with Crippen molar-refractivity contribution in [3.8, 4) is 11.3 Å². The first-order valence-corrected chi connectivity index (χ1v) is 6.25. The molecule has 2 heterocycles. The van der Waals surface area contributed by atoms with Gasteiger partial charge in [0.25, 0.3) is 0 Å². The van der Waals surface area contributed by atoms with E-state index in [4.69, 9.17) is 16.3 Å². The molecule has 0 radical (unpaired) electrons. The molecule has 5 heteroatoms. The molecule has 0 aliphatic heterocycles. The average Bonchev–Trinajstić information content (AvgIpc) is 2.79. The molecule has 0 aromatic carbocycles. The normalized spacial score (nSPS) is 10.6. The standard InChI is InChI=1S/C11H11ClN2OS/c1-2-15-6-11-13-9(5-10(12)14-11)8-3-4-16-7-8/h3-5,7H,2,6H2,1H3. The molecule has 84 valence electrons. The molecular formula is C11H11ClN2OS. The molecule has 0 aliphatic rings. The van der Waals surface area contributed by atoms with Crippen LogP contribution in [0.5, 0.6) is 0 Å². The van der Waals surface area contributed by atoms with Crippen molar-refractivity contribution >= 4 is 22.9 Å². The van der Waals surface area contributed by atoms with Crippen LogP contribution in [0.2, 0.25) is 5.15 Å². The summed E-state index contributed by atoms with van der Waals surface area (Å²) in [4.78, 5) is 8.51. The van der Waals surface area contributed by atoms with E-state index in [-0.39, 0.29) is 0 Å². The predicted molar refractivity (Wildman–Crippen MR) is 65.7 cm³/mol. The number of aromatic nitrogens is 2. The van der Waals surface area contributed by atoms with Crippen molar-refractivity contribution in [2.24, 2.45) is 0 Å². The van der Waals surface area contributed by atoms with Crippen LogP contribution in [0, 0.1) is 0 Å². The SMILES string of the molecule is CCOCc1nc(Cl)cc(-c2ccsc2)n1. The second-order valence-electron chi connectivity index (χ2n) is 3.14. The van der Waals surface area contributed by atoms with E-state index in [2.05, 4.69) is 9.97 Å². The molecule has 0 aliphatic carbocycles. The number of nitrogens with zero attached hydrogens (tertiary/aromatic N) is 2. The van der Waals surface area contributed by atoms with E-state index < -0.39 is 0 Å². The molecule has 0 bridgehead atoms. The molecule has 0 saturated heterocycles. The third-order valence-corrected chi connectivity index (χ3v) is 2.87. The van der Waals surface area contributed by atoms with Gasteiger partial charge < -0.3 is 4.74 Å². The Morgan fingerprint density at radius 3 is 3.00 bits per heavy atom. The summed E-state index contributed by atoms with van der Waals surface area (Å²) in [7, 11) is 0. The maximum Gasteiger partial charge on any atom is 0.156 e. The number of ether oxygens (including phenoxy) is 1. The van der Waals surface area contributed by atoms with E-state index in [1.807, 2.05) is 23.8 Å². The minimum absolute atomic E-state index is 0.397. The molecular weight excluding hydrogens is 244 g/mol. The van der Waals surface area contributed by atoms with Crippen LogP contribution in [0.1, 0.15) is 12.7 Å². The smallest absolute Gasteiger partial charge is 0.156 e. The largest absolute Gasteiger partial charge is 0.374 e. The summed E-state index contributed by atoms with van der Waals surface area (Å²) in [5, 5.41) is 4.49. The lowest BCUT2D eigenvalue weighted by atomic mass is 10.2. The fourth-order valence-corrected chi connectivity index (χ4v) is 2.13. The van der Waals surface area contributed by atoms with Gasteiger partial charge in [-0.1, -0.05) is 11.6 Å². The van der Waals surface area contributed by atoms with E-state index in [1.165, 1.54) is 0 Å². The van der Waals surface area contributed by atoms with Gasteiger partial charge >= 0.3 is 0 Å². The van der Waals surface area contributed by atoms with Gasteiger partial charge in [-0.2, -0.15) is 11.3 Å². The minimum Gasteiger partial charge on any atom is -0.374 e. The first kappa shape index (κ1) is 11.5. The fraction of sp³-hybridized carbons (Fsp3) is 0.273. The van der Waals surface area contributed by atoms with E-state index in [1.54, 1.807) is 17.4 Å². The molecule has 0 N–H and O–H groups in total. The van der Waals surface area contributed by atoms with Gasteiger partial charge in [-0.15, -0.1) is 0 Å². The topological polar surface area (TPSA) is 35.0 Å². The second kappa shape index (κ2) is 5.39. The minimum atomic E-state index is 0.397. The molecule has 0 atom stereocenters. The van der Waals surface area contributed by atoms with Crippen molar-refractivity contribution in [1.82, 2.24) is 9.97 Å². The van der Waals surface area contributed by atoms with Crippen molar-refractivity contribution in [3.05, 3.63) is 33.9 Å². The Morgan fingerprint density at radius 1 is 1.44 bits per heavy atom. The highest BCUT2D eigenvalue weighted by atomic mass is 35.5. The molecule has 0 amide bonds. The highest BCUT2D eigenvalue weighted by Crippen LogP contribution is 2.22. The molecule has 0 unspecified atom stereocenters. The van der Waals surface area contributed by atoms with Crippen LogP contribution < -0.4 is 0 Å². The highest BCUT2D eigenvalue weighted by Gasteiger charge is 2.05. The lowest BCUT2D eigenvalue weighted by Crippen LogP contribution is -2.00. The van der Waals surface area contributed by atoms with Crippen molar-refractivity contribution in [1.29, 1.82) is 0 Å². The summed E-state index contributed by atoms with van der Waals surface area (Å²) < 4.78 is 5.27. The number of halogens is 1. The van der Waals surface area contributed by atoms with Crippen molar-refractivity contribution in [2.75, 3.05) is 6.61 Å². The maximum atomic E-state index is 5.94. The molecule has 0 saturated carbocycles. The molecule has 0 spiro atoms. The lowest BCUT2D eigenvalue weighted by molar-refractivity contribution is 0.128. The van der Waals surface area contributed by atoms with Crippen molar-refractivity contribution in [3.63, 3.8) is 0 Å². The summed E-state index contributed by atoms with van der Waals surface area (Å²) in [6, 6.07) is 3.77. The quantitative estimate of drug-likeness (QED) is 0.785. The van der Waals surface area contributed by atoms with Gasteiger partial charge in [-0.05, 0) is 18.4 Å². The maximum absolute atomic E-state index is 5.94. The predicted octanol–water partition coefficient (Wildman–Crippen LogP) is 3.40. The first-order valence-electron chi connectivity index (χ1n) is 4.93. The molecule has 0 fully saturated rings. The van der Waals surface area contributed by atoms with Gasteiger partial charge in [0, 0.05) is 23.6 Å². The third-order valence-electron chi connectivity index (χ3n) is 1.99. The van der Waals surface area contributed by atoms with E-state index in [0.717, 1.165) is 11.3 Å². The summed E-state index contributed by atoms with van der Waals surface area (Å²) in [5.74, 6) is 0.621. The number of rotatable bonds is 4. The zero-order valence-electron chi connectivity index (χ0n) is 8.81. The zero-order chi connectivity index (χ0) is 11.4. The van der Waals surface area contributed by atoms with E-state index >= 15 is 0 Å². The molecule has 3 nitrogen and oxygen atoms in total. The Bertz CT molecular complexity index is 459. The number of thiophene rings is 1. The summed E-state index contributed by atoms with van der Waals surface area (Å²) in [6.45, 7) is 2.97. The number of hydrogen-bond acceptors (Lipinski definition) is 4. The Balaban J connectivity index is 2.29. The Hall–Kier alpha value is -0.970. The average molecular weight is 255 g/mol. The van der Waals surface area contributed by atoms with Gasteiger partial charge in [0.05, 0.1) is 5.69 Å². The van der Waals surface area contributed by atoms with Gasteiger partial charge in [0.2, 0.25) is 0 Å². The van der Waals surface area contributed by atoms with Crippen LogP contribution in [0.3, 0.4) is 0 Å². The first-order chi connectivity index (χ1) is 7.79. The van der Waals surface area contributed by atoms with Gasteiger partial charge in [-0.3, -0.25) is 0 Å². The summed E-state index contributed by atoms with van der Waals surface area (Å²) >= 11 is 7.57. The summed E-state index contributed by atoms with van der Waals surface area (Å²) in [5.41, 5.74) is 1.91. The van der Waals surface area contributed by atoms with E-state index in [9.17, 15) is 0 Å². The molecule has 16 heavy (non-hydrogen) atoms. The molecule has 2 aromatic heterocycles. The monoisotopic (exact) mass is 254 g/mol. The van der Waals surface area contributed by atoms with Crippen molar-refractivity contribution in [2.45, 2.75) is 13.5 Å². The third kappa shape index (κ3) is 2.78. The highest BCUT2D eigenvalue weighted by molar-refractivity contribution is 7.08. The Kier molecular flexibility index (Phi) is 3.88. The van der Waals surface area contributed by atoms with E-state index in [0.29, 0.717) is 24.2 Å². The fourth-order valence-electron chi connectivity index (χ4n) is 1.28. The summed E-state index contributed by atoms with van der Waals surface area (Å²) in [6.07, 6.45) is 0. The zero-order valence-corrected chi connectivity index (χ0v) is 10.4. The lowest BCUT2D eigenvalue weighted by Gasteiger charge is -2.03. The van der Waals surface area contributed by atoms with Crippen LogP contribution in [0.4, 0.5) is 0 Å². The van der Waals surface area contributed by atoms with Crippen LogP contribution >= 0.6 is 22.9 Å². The van der Waals surface area contributed by atoms with Crippen LogP contribution in [-0.2, 0) is 11.3 Å². The van der Waals surface area contributed by atoms with Gasteiger partial charge in [-0.25, -0.2) is 9.97 Å². The second-order valence-corrected chi connectivity index (χ2v) is 4.31. The van der Waals surface area contributed by atoms with Crippen LogP contribution in [0.15, 0.2) is 22.9 Å².